The molecule has 2 aromatic heterocycles. The van der Waals surface area contributed by atoms with Crippen molar-refractivity contribution >= 4 is 12.4 Å². The molecule has 1 aliphatic heterocycles. The van der Waals surface area contributed by atoms with Crippen LogP contribution in [0.4, 0.5) is 0 Å². The topological polar surface area (TPSA) is 96.3 Å². The van der Waals surface area contributed by atoms with Gasteiger partial charge in [-0.15, -0.1) is 12.4 Å². The number of nitrogens with two attached hydrogens (primary N) is 1. The first kappa shape index (κ1) is 19.3. The van der Waals surface area contributed by atoms with Gasteiger partial charge in [0.15, 0.2) is 0 Å². The van der Waals surface area contributed by atoms with E-state index in [9.17, 15) is 0 Å². The fourth-order valence-electron chi connectivity index (χ4n) is 3.01. The van der Waals surface area contributed by atoms with Crippen LogP contribution in [0.15, 0.2) is 53.2 Å². The highest BCUT2D eigenvalue weighted by atomic mass is 35.5. The predicted octanol–water partition coefficient (Wildman–Crippen LogP) is 3.35. The molecule has 0 radical (unpaired) electrons. The van der Waals surface area contributed by atoms with E-state index < -0.39 is 0 Å². The van der Waals surface area contributed by atoms with Gasteiger partial charge < -0.3 is 19.7 Å². The molecule has 4 rings (SSSR count). The van der Waals surface area contributed by atoms with Gasteiger partial charge in [-0.05, 0) is 31.0 Å². The molecule has 1 saturated heterocycles. The van der Waals surface area contributed by atoms with Crippen LogP contribution in [0.1, 0.15) is 18.7 Å². The summed E-state index contributed by atoms with van der Waals surface area (Å²) in [5.41, 5.74) is 6.46. The number of halogens is 1. The zero-order valence-electron chi connectivity index (χ0n) is 14.7. The Morgan fingerprint density at radius 1 is 1.07 bits per heavy atom. The maximum absolute atomic E-state index is 6.00. The molecule has 0 unspecified atom stereocenters. The number of para-hydroxylation sites is 1. The van der Waals surface area contributed by atoms with E-state index in [0.717, 1.165) is 24.2 Å². The Labute approximate surface area is 163 Å². The van der Waals surface area contributed by atoms with Crippen molar-refractivity contribution in [1.29, 1.82) is 0 Å². The summed E-state index contributed by atoms with van der Waals surface area (Å²) < 4.78 is 16.7. The van der Waals surface area contributed by atoms with Crippen LogP contribution < -0.4 is 10.5 Å². The van der Waals surface area contributed by atoms with E-state index in [-0.39, 0.29) is 17.8 Å². The van der Waals surface area contributed by atoms with Gasteiger partial charge in [-0.1, -0.05) is 23.4 Å². The van der Waals surface area contributed by atoms with Gasteiger partial charge in [0.25, 0.3) is 0 Å². The first-order valence-corrected chi connectivity index (χ1v) is 8.60. The monoisotopic (exact) mass is 388 g/mol. The Bertz CT molecular complexity index is 849. The van der Waals surface area contributed by atoms with Crippen molar-refractivity contribution < 1.29 is 14.0 Å². The Morgan fingerprint density at radius 2 is 1.85 bits per heavy atom. The molecule has 3 heterocycles. The minimum absolute atomic E-state index is 0. The van der Waals surface area contributed by atoms with Gasteiger partial charge in [-0.3, -0.25) is 0 Å². The fourth-order valence-corrected chi connectivity index (χ4v) is 3.01. The molecule has 1 fully saturated rings. The van der Waals surface area contributed by atoms with Crippen LogP contribution in [0, 0.1) is 0 Å². The standard InChI is InChI=1S/C19H20N4O3.ClH/c20-13-19(8-10-24-11-9-19)18-22-17(23-26-18)14-6-7-16(21-12-14)25-15-4-2-1-3-5-15;/h1-7,12H,8-11,13,20H2;1H. The van der Waals surface area contributed by atoms with Crippen LogP contribution in [0.25, 0.3) is 11.4 Å². The SMILES string of the molecule is Cl.NCC1(c2nc(-c3ccc(Oc4ccccc4)nc3)no2)CCOCC1. The zero-order valence-corrected chi connectivity index (χ0v) is 15.5. The normalized spacial score (nSPS) is 15.7. The zero-order chi connectivity index (χ0) is 17.8. The molecule has 0 spiro atoms. The molecular weight excluding hydrogens is 368 g/mol. The molecule has 7 nitrogen and oxygen atoms in total. The summed E-state index contributed by atoms with van der Waals surface area (Å²) in [6.07, 6.45) is 3.24. The second-order valence-electron chi connectivity index (χ2n) is 6.32. The fraction of sp³-hybridized carbons (Fsp3) is 0.316. The molecule has 27 heavy (non-hydrogen) atoms. The third-order valence-corrected chi connectivity index (χ3v) is 4.68. The van der Waals surface area contributed by atoms with Gasteiger partial charge in [0.2, 0.25) is 17.6 Å². The molecule has 1 aromatic carbocycles. The maximum Gasteiger partial charge on any atom is 0.234 e. The van der Waals surface area contributed by atoms with E-state index in [4.69, 9.17) is 19.7 Å². The van der Waals surface area contributed by atoms with Crippen LogP contribution in [-0.2, 0) is 10.2 Å². The molecule has 3 aromatic rings. The Balaban J connectivity index is 0.00000210. The van der Waals surface area contributed by atoms with Crippen molar-refractivity contribution in [2.24, 2.45) is 5.73 Å². The molecule has 0 bridgehead atoms. The van der Waals surface area contributed by atoms with E-state index in [1.807, 2.05) is 36.4 Å². The second-order valence-corrected chi connectivity index (χ2v) is 6.32. The van der Waals surface area contributed by atoms with E-state index in [0.29, 0.717) is 37.4 Å². The first-order chi connectivity index (χ1) is 12.8. The quantitative estimate of drug-likeness (QED) is 0.715. The highest BCUT2D eigenvalue weighted by Crippen LogP contribution is 2.33. The van der Waals surface area contributed by atoms with Gasteiger partial charge in [0, 0.05) is 37.6 Å². The maximum atomic E-state index is 6.00. The van der Waals surface area contributed by atoms with Crippen LogP contribution >= 0.6 is 12.4 Å². The van der Waals surface area contributed by atoms with E-state index in [1.165, 1.54) is 0 Å². The summed E-state index contributed by atoms with van der Waals surface area (Å²) in [6.45, 7) is 1.77. The molecule has 1 aliphatic rings. The number of nitrogens with zero attached hydrogens (tertiary/aromatic N) is 3. The molecule has 0 atom stereocenters. The first-order valence-electron chi connectivity index (χ1n) is 8.60. The van der Waals surface area contributed by atoms with Gasteiger partial charge in [0.1, 0.15) is 5.75 Å². The lowest BCUT2D eigenvalue weighted by Crippen LogP contribution is -2.40. The molecule has 0 saturated carbocycles. The molecule has 2 N–H and O–H groups in total. The number of rotatable bonds is 5. The highest BCUT2D eigenvalue weighted by Gasteiger charge is 2.38. The minimum atomic E-state index is -0.298. The van der Waals surface area contributed by atoms with Crippen molar-refractivity contribution in [2.45, 2.75) is 18.3 Å². The third kappa shape index (κ3) is 4.10. The molecule has 0 aliphatic carbocycles. The van der Waals surface area contributed by atoms with E-state index >= 15 is 0 Å². The summed E-state index contributed by atoms with van der Waals surface area (Å²) in [5, 5.41) is 4.10. The average molecular weight is 389 g/mol. The summed E-state index contributed by atoms with van der Waals surface area (Å²) in [7, 11) is 0. The third-order valence-electron chi connectivity index (χ3n) is 4.68. The number of hydrogen-bond acceptors (Lipinski definition) is 7. The van der Waals surface area contributed by atoms with Gasteiger partial charge in [-0.2, -0.15) is 4.98 Å². The number of aromatic nitrogens is 3. The lowest BCUT2D eigenvalue weighted by Gasteiger charge is -2.32. The predicted molar refractivity (Wildman–Crippen MR) is 102 cm³/mol. The van der Waals surface area contributed by atoms with Crippen LogP contribution in [-0.4, -0.2) is 34.9 Å². The highest BCUT2D eigenvalue weighted by molar-refractivity contribution is 5.85. The molecule has 8 heteroatoms. The van der Waals surface area contributed by atoms with Gasteiger partial charge in [0.05, 0.1) is 5.41 Å². The number of benzene rings is 1. The number of hydrogen-bond donors (Lipinski definition) is 1. The summed E-state index contributed by atoms with van der Waals surface area (Å²) >= 11 is 0. The molecule has 142 valence electrons. The largest absolute Gasteiger partial charge is 0.439 e. The van der Waals surface area contributed by atoms with Crippen LogP contribution in [0.5, 0.6) is 11.6 Å². The molecular formula is C19H21ClN4O3. The Hall–Kier alpha value is -2.48. The molecule has 0 amide bonds. The lowest BCUT2D eigenvalue weighted by molar-refractivity contribution is 0.0409. The number of ether oxygens (including phenoxy) is 2. The number of pyridine rings is 1. The van der Waals surface area contributed by atoms with Crippen molar-refractivity contribution in [3.63, 3.8) is 0 Å². The van der Waals surface area contributed by atoms with Crippen LogP contribution in [0.2, 0.25) is 0 Å². The minimum Gasteiger partial charge on any atom is -0.439 e. The summed E-state index contributed by atoms with van der Waals surface area (Å²) in [6, 6.07) is 13.2. The van der Waals surface area contributed by atoms with Crippen molar-refractivity contribution in [1.82, 2.24) is 15.1 Å². The van der Waals surface area contributed by atoms with Crippen molar-refractivity contribution in [3.05, 3.63) is 54.6 Å². The Kier molecular flexibility index (Phi) is 6.05. The van der Waals surface area contributed by atoms with Crippen molar-refractivity contribution in [3.8, 4) is 23.0 Å². The smallest absolute Gasteiger partial charge is 0.234 e. The average Bonchev–Trinajstić information content (AvgIpc) is 3.21. The Morgan fingerprint density at radius 3 is 2.52 bits per heavy atom. The second kappa shape index (κ2) is 8.47. The van der Waals surface area contributed by atoms with Crippen LogP contribution in [0.3, 0.4) is 0 Å². The van der Waals surface area contributed by atoms with E-state index in [1.54, 1.807) is 12.3 Å². The van der Waals surface area contributed by atoms with Crippen molar-refractivity contribution in [2.75, 3.05) is 19.8 Å². The summed E-state index contributed by atoms with van der Waals surface area (Å²) in [4.78, 5) is 8.89. The lowest BCUT2D eigenvalue weighted by atomic mass is 9.80. The summed E-state index contributed by atoms with van der Waals surface area (Å²) in [5.74, 6) is 2.31. The van der Waals surface area contributed by atoms with Gasteiger partial charge >= 0.3 is 0 Å². The van der Waals surface area contributed by atoms with E-state index in [2.05, 4.69) is 15.1 Å². The van der Waals surface area contributed by atoms with Gasteiger partial charge in [-0.25, -0.2) is 4.98 Å².